The second kappa shape index (κ2) is 5.41. The number of nitrogens with zero attached hydrogens (tertiary/aromatic N) is 2. The van der Waals surface area contributed by atoms with Crippen LogP contribution in [0.1, 0.15) is 19.3 Å². The zero-order valence-corrected chi connectivity index (χ0v) is 11.8. The number of rotatable bonds is 6. The Kier molecular flexibility index (Phi) is 4.27. The summed E-state index contributed by atoms with van der Waals surface area (Å²) >= 11 is 0. The molecule has 18 heavy (non-hydrogen) atoms. The first kappa shape index (κ1) is 14.2. The summed E-state index contributed by atoms with van der Waals surface area (Å²) in [5.41, 5.74) is 0. The molecule has 0 atom stereocenters. The van der Waals surface area contributed by atoms with Gasteiger partial charge in [0.15, 0.2) is 0 Å². The van der Waals surface area contributed by atoms with Crippen LogP contribution in [-0.4, -0.2) is 63.9 Å². The summed E-state index contributed by atoms with van der Waals surface area (Å²) in [7, 11) is -6.78. The van der Waals surface area contributed by atoms with E-state index in [1.165, 1.54) is 8.61 Å². The molecule has 0 saturated carbocycles. The van der Waals surface area contributed by atoms with Crippen molar-refractivity contribution in [2.45, 2.75) is 19.3 Å². The van der Waals surface area contributed by atoms with Crippen LogP contribution < -0.4 is 4.72 Å². The molecule has 0 unspecified atom stereocenters. The van der Waals surface area contributed by atoms with Gasteiger partial charge in [-0.2, -0.15) is 12.7 Å². The molecule has 7 nitrogen and oxygen atoms in total. The van der Waals surface area contributed by atoms with Crippen molar-refractivity contribution >= 4 is 20.2 Å². The van der Waals surface area contributed by atoms with Gasteiger partial charge >= 0.3 is 0 Å². The Morgan fingerprint density at radius 3 is 1.89 bits per heavy atom. The number of nitrogens with one attached hydrogen (secondary N) is 1. The molecule has 2 heterocycles. The highest BCUT2D eigenvalue weighted by Gasteiger charge is 2.29. The molecule has 0 bridgehead atoms. The van der Waals surface area contributed by atoms with E-state index >= 15 is 0 Å². The molecule has 0 spiro atoms. The smallest absolute Gasteiger partial charge is 0.212 e. The van der Waals surface area contributed by atoms with Crippen molar-refractivity contribution in [3.05, 3.63) is 0 Å². The average Bonchev–Trinajstić information content (AvgIpc) is 2.65. The largest absolute Gasteiger partial charge is 0.279 e. The van der Waals surface area contributed by atoms with Crippen LogP contribution in [0.3, 0.4) is 0 Å². The maximum Gasteiger partial charge on any atom is 0.279 e. The summed E-state index contributed by atoms with van der Waals surface area (Å²) in [6, 6.07) is 0. The third kappa shape index (κ3) is 3.21. The van der Waals surface area contributed by atoms with Crippen molar-refractivity contribution in [1.82, 2.24) is 13.3 Å². The van der Waals surface area contributed by atoms with Gasteiger partial charge in [-0.3, -0.25) is 0 Å². The van der Waals surface area contributed by atoms with Gasteiger partial charge in [0.05, 0.1) is 5.75 Å². The molecule has 2 saturated heterocycles. The molecule has 0 amide bonds. The summed E-state index contributed by atoms with van der Waals surface area (Å²) in [6.45, 7) is 2.10. The van der Waals surface area contributed by atoms with Crippen molar-refractivity contribution in [1.29, 1.82) is 0 Å². The summed E-state index contributed by atoms with van der Waals surface area (Å²) in [5, 5.41) is 0. The molecule has 0 radical (unpaired) electrons. The van der Waals surface area contributed by atoms with Gasteiger partial charge < -0.3 is 0 Å². The van der Waals surface area contributed by atoms with Crippen LogP contribution in [0.5, 0.6) is 0 Å². The second-order valence-electron chi connectivity index (χ2n) is 4.57. The predicted octanol–water partition coefficient (Wildman–Crippen LogP) is -1.05. The van der Waals surface area contributed by atoms with Crippen LogP contribution in [-0.2, 0) is 20.2 Å². The lowest BCUT2D eigenvalue weighted by molar-refractivity contribution is 0.305. The lowest BCUT2D eigenvalue weighted by Crippen LogP contribution is -2.49. The van der Waals surface area contributed by atoms with Gasteiger partial charge in [-0.05, 0) is 19.3 Å². The highest BCUT2D eigenvalue weighted by Crippen LogP contribution is 2.13. The summed E-state index contributed by atoms with van der Waals surface area (Å²) < 4.78 is 52.0. The Morgan fingerprint density at radius 2 is 1.39 bits per heavy atom. The van der Waals surface area contributed by atoms with Crippen molar-refractivity contribution in [2.24, 2.45) is 0 Å². The maximum atomic E-state index is 11.8. The lowest BCUT2D eigenvalue weighted by atomic mass is 10.3. The fourth-order valence-corrected chi connectivity index (χ4v) is 4.86. The third-order valence-electron chi connectivity index (χ3n) is 3.26. The van der Waals surface area contributed by atoms with Crippen molar-refractivity contribution < 1.29 is 16.8 Å². The monoisotopic (exact) mass is 297 g/mol. The quantitative estimate of drug-likeness (QED) is 0.678. The van der Waals surface area contributed by atoms with E-state index in [2.05, 4.69) is 4.72 Å². The Balaban J connectivity index is 1.81. The number of sulfonamides is 1. The second-order valence-corrected chi connectivity index (χ2v) is 8.42. The standard InChI is InChI=1S/C9H19N3O4S2/c13-17(14,11-5-1-2-6-11)9-4-10-18(15,16)12-7-3-8-12/h10H,1-9H2. The first-order valence-corrected chi connectivity index (χ1v) is 9.19. The molecule has 0 aromatic heterocycles. The minimum atomic E-state index is -3.47. The molecule has 2 rings (SSSR count). The molecular weight excluding hydrogens is 278 g/mol. The van der Waals surface area contributed by atoms with E-state index in [1.54, 1.807) is 0 Å². The van der Waals surface area contributed by atoms with Crippen LogP contribution >= 0.6 is 0 Å². The van der Waals surface area contributed by atoms with Crippen LogP contribution in [0, 0.1) is 0 Å². The van der Waals surface area contributed by atoms with E-state index in [4.69, 9.17) is 0 Å². The fraction of sp³-hybridized carbons (Fsp3) is 1.00. The molecule has 1 N–H and O–H groups in total. The minimum Gasteiger partial charge on any atom is -0.212 e. The molecule has 0 aromatic carbocycles. The van der Waals surface area contributed by atoms with Gasteiger partial charge in [0, 0.05) is 32.7 Å². The van der Waals surface area contributed by atoms with E-state index in [-0.39, 0.29) is 12.3 Å². The summed E-state index contributed by atoms with van der Waals surface area (Å²) in [4.78, 5) is 0. The van der Waals surface area contributed by atoms with Gasteiger partial charge in [-0.15, -0.1) is 0 Å². The molecule has 2 aliphatic heterocycles. The number of hydrogen-bond acceptors (Lipinski definition) is 4. The van der Waals surface area contributed by atoms with E-state index in [0.717, 1.165) is 19.3 Å². The lowest BCUT2D eigenvalue weighted by Gasteiger charge is -2.29. The average molecular weight is 297 g/mol. The molecule has 9 heteroatoms. The Hall–Kier alpha value is -0.220. The molecule has 106 valence electrons. The molecule has 2 aliphatic rings. The number of hydrogen-bond donors (Lipinski definition) is 1. The first-order valence-electron chi connectivity index (χ1n) is 6.14. The van der Waals surface area contributed by atoms with E-state index in [0.29, 0.717) is 26.2 Å². The van der Waals surface area contributed by atoms with E-state index in [1.807, 2.05) is 0 Å². The van der Waals surface area contributed by atoms with Crippen molar-refractivity contribution in [2.75, 3.05) is 38.5 Å². The topological polar surface area (TPSA) is 86.8 Å². The summed E-state index contributed by atoms with van der Waals surface area (Å²) in [5.74, 6) is -0.167. The van der Waals surface area contributed by atoms with Crippen molar-refractivity contribution in [3.8, 4) is 0 Å². The third-order valence-corrected chi connectivity index (χ3v) is 6.74. The van der Waals surface area contributed by atoms with Gasteiger partial charge in [-0.25, -0.2) is 17.4 Å². The predicted molar refractivity (Wildman–Crippen MR) is 67.7 cm³/mol. The molecule has 2 fully saturated rings. The van der Waals surface area contributed by atoms with E-state index < -0.39 is 20.2 Å². The highest BCUT2D eigenvalue weighted by molar-refractivity contribution is 7.89. The van der Waals surface area contributed by atoms with Crippen molar-refractivity contribution in [3.63, 3.8) is 0 Å². The van der Waals surface area contributed by atoms with Crippen LogP contribution in [0.2, 0.25) is 0 Å². The van der Waals surface area contributed by atoms with Gasteiger partial charge in [0.25, 0.3) is 10.2 Å². The molecular formula is C9H19N3O4S2. The Bertz CT molecular complexity index is 478. The van der Waals surface area contributed by atoms with Gasteiger partial charge in [0.2, 0.25) is 10.0 Å². The Morgan fingerprint density at radius 1 is 0.833 bits per heavy atom. The zero-order valence-electron chi connectivity index (χ0n) is 10.2. The highest BCUT2D eigenvalue weighted by atomic mass is 32.2. The summed E-state index contributed by atoms with van der Waals surface area (Å²) in [6.07, 6.45) is 2.64. The first-order chi connectivity index (χ1) is 8.42. The minimum absolute atomic E-state index is 0.0579. The Labute approximate surface area is 108 Å². The SMILES string of the molecule is O=S(=O)(CCNS(=O)(=O)N1CCC1)N1CCCC1. The van der Waals surface area contributed by atoms with E-state index in [9.17, 15) is 16.8 Å². The zero-order chi connectivity index (χ0) is 13.2. The van der Waals surface area contributed by atoms with Crippen LogP contribution in [0.15, 0.2) is 0 Å². The molecule has 0 aromatic rings. The van der Waals surface area contributed by atoms with Crippen LogP contribution in [0.4, 0.5) is 0 Å². The van der Waals surface area contributed by atoms with Crippen LogP contribution in [0.25, 0.3) is 0 Å². The van der Waals surface area contributed by atoms with Gasteiger partial charge in [-0.1, -0.05) is 0 Å². The normalized spacial score (nSPS) is 23.1. The fourth-order valence-electron chi connectivity index (χ4n) is 2.01. The molecule has 0 aliphatic carbocycles. The van der Waals surface area contributed by atoms with Gasteiger partial charge in [0.1, 0.15) is 0 Å². The maximum absolute atomic E-state index is 11.8.